The van der Waals surface area contributed by atoms with Gasteiger partial charge in [0.25, 0.3) is 0 Å². The number of carbonyl (C=O) groups excluding carboxylic acids is 3. The lowest BCUT2D eigenvalue weighted by atomic mass is 9.96. The average Bonchev–Trinajstić information content (AvgIpc) is 2.91. The van der Waals surface area contributed by atoms with Crippen LogP contribution in [0.25, 0.3) is 0 Å². The maximum Gasteiger partial charge on any atom is 0.309 e. The lowest BCUT2D eigenvalue weighted by Gasteiger charge is -2.24. The largest absolute Gasteiger partial charge is 0.463 e. The van der Waals surface area contributed by atoms with Crippen LogP contribution < -0.4 is 10.6 Å². The van der Waals surface area contributed by atoms with Crippen molar-refractivity contribution in [2.45, 2.75) is 44.7 Å². The van der Waals surface area contributed by atoms with Gasteiger partial charge in [-0.3, -0.25) is 14.4 Å². The molecule has 0 spiro atoms. The topological polar surface area (TPSA) is 105 Å². The first-order valence-corrected chi connectivity index (χ1v) is 12.6. The van der Waals surface area contributed by atoms with Crippen molar-refractivity contribution in [2.75, 3.05) is 13.2 Å². The zero-order valence-electron chi connectivity index (χ0n) is 21.5. The van der Waals surface area contributed by atoms with E-state index in [1.165, 1.54) is 0 Å². The Labute approximate surface area is 219 Å². The van der Waals surface area contributed by atoms with Crippen molar-refractivity contribution in [3.8, 4) is 0 Å². The van der Waals surface area contributed by atoms with E-state index in [0.717, 1.165) is 11.1 Å². The molecule has 0 aliphatic heterocycles. The van der Waals surface area contributed by atoms with Gasteiger partial charge in [-0.15, -0.1) is 13.2 Å². The third kappa shape index (κ3) is 10.4. The molecule has 0 heterocycles. The number of ether oxygens (including phenoxy) is 1. The number of amides is 2. The first-order valence-electron chi connectivity index (χ1n) is 12.6. The van der Waals surface area contributed by atoms with Gasteiger partial charge in [0.15, 0.2) is 0 Å². The summed E-state index contributed by atoms with van der Waals surface area (Å²) in [5.74, 6) is -2.09. The van der Waals surface area contributed by atoms with Crippen LogP contribution in [0, 0.1) is 11.8 Å². The van der Waals surface area contributed by atoms with Crippen LogP contribution in [0.15, 0.2) is 86.0 Å². The highest BCUT2D eigenvalue weighted by atomic mass is 16.5. The van der Waals surface area contributed by atoms with Gasteiger partial charge in [-0.25, -0.2) is 0 Å². The monoisotopic (exact) mass is 506 g/mol. The molecule has 0 fully saturated rings. The van der Waals surface area contributed by atoms with E-state index in [4.69, 9.17) is 4.74 Å². The molecule has 0 saturated heterocycles. The molecule has 2 aromatic rings. The molecule has 3 N–H and O–H groups in total. The molecule has 0 unspecified atom stereocenters. The number of aliphatic hydroxyl groups excluding tert-OH is 1. The zero-order valence-corrected chi connectivity index (χ0v) is 21.5. The molecular formula is C30H38N2O5. The fourth-order valence-electron chi connectivity index (χ4n) is 3.93. The Hall–Kier alpha value is -3.71. The minimum absolute atomic E-state index is 0.0500. The fraction of sp³-hybridized carbons (Fsp3) is 0.367. The van der Waals surface area contributed by atoms with Crippen molar-refractivity contribution in [2.24, 2.45) is 11.8 Å². The lowest BCUT2D eigenvalue weighted by molar-refractivity contribution is -0.150. The Morgan fingerprint density at radius 1 is 0.919 bits per heavy atom. The maximum atomic E-state index is 13.2. The second-order valence-electron chi connectivity index (χ2n) is 9.09. The molecule has 0 aliphatic carbocycles. The fourth-order valence-corrected chi connectivity index (χ4v) is 3.93. The standard InChI is InChI=1S/C30H38N2O5/c1-4-12-25(19-28(34)31-22(3)20-33)29(35)32-27(24-16-10-7-11-17-24)21-37-30(36)26(13-5-2)18-23-14-8-6-9-15-23/h4-11,14-17,22,25-27,33H,1-2,12-13,18-21H2,3H3,(H,31,34)(H,32,35)/t22-,25-,26+,27-/m0/s1. The van der Waals surface area contributed by atoms with Gasteiger partial charge in [-0.1, -0.05) is 72.8 Å². The molecular weight excluding hydrogens is 468 g/mol. The lowest BCUT2D eigenvalue weighted by Crippen LogP contribution is -2.41. The number of hydrogen-bond donors (Lipinski definition) is 3. The van der Waals surface area contributed by atoms with Crippen LogP contribution in [0.3, 0.4) is 0 Å². The molecule has 0 bridgehead atoms. The van der Waals surface area contributed by atoms with Crippen molar-refractivity contribution < 1.29 is 24.2 Å². The van der Waals surface area contributed by atoms with Crippen molar-refractivity contribution >= 4 is 17.8 Å². The smallest absolute Gasteiger partial charge is 0.309 e. The Kier molecular flexibility index (Phi) is 12.9. The van der Waals surface area contributed by atoms with E-state index >= 15 is 0 Å². The minimum Gasteiger partial charge on any atom is -0.463 e. The highest BCUT2D eigenvalue weighted by Gasteiger charge is 2.26. The SMILES string of the molecule is C=CC[C@@H](CC(=O)N[C@@H](C)CO)C(=O)N[C@@H](COC(=O)[C@H](CC=C)Cc1ccccc1)c1ccccc1. The summed E-state index contributed by atoms with van der Waals surface area (Å²) in [7, 11) is 0. The van der Waals surface area contributed by atoms with Crippen LogP contribution in [-0.4, -0.2) is 42.1 Å². The average molecular weight is 507 g/mol. The van der Waals surface area contributed by atoms with Gasteiger partial charge in [0.1, 0.15) is 6.61 Å². The van der Waals surface area contributed by atoms with Crippen LogP contribution in [-0.2, 0) is 25.5 Å². The number of allylic oxidation sites excluding steroid dienone is 2. The third-order valence-corrected chi connectivity index (χ3v) is 5.96. The van der Waals surface area contributed by atoms with E-state index < -0.39 is 23.9 Å². The highest BCUT2D eigenvalue weighted by Crippen LogP contribution is 2.20. The first kappa shape index (κ1) is 29.5. The molecule has 0 aromatic heterocycles. The number of aliphatic hydroxyl groups is 1. The molecule has 7 heteroatoms. The van der Waals surface area contributed by atoms with E-state index in [-0.39, 0.29) is 37.4 Å². The van der Waals surface area contributed by atoms with E-state index in [0.29, 0.717) is 19.3 Å². The van der Waals surface area contributed by atoms with E-state index in [1.807, 2.05) is 60.7 Å². The molecule has 4 atom stereocenters. The predicted molar refractivity (Wildman–Crippen MR) is 144 cm³/mol. The van der Waals surface area contributed by atoms with E-state index in [2.05, 4.69) is 23.8 Å². The second-order valence-corrected chi connectivity index (χ2v) is 9.09. The molecule has 0 radical (unpaired) electrons. The normalized spacial score (nSPS) is 13.9. The highest BCUT2D eigenvalue weighted by molar-refractivity contribution is 5.86. The van der Waals surface area contributed by atoms with Gasteiger partial charge < -0.3 is 20.5 Å². The minimum atomic E-state index is -0.656. The Morgan fingerprint density at radius 3 is 2.11 bits per heavy atom. The summed E-state index contributed by atoms with van der Waals surface area (Å²) in [5, 5.41) is 14.8. The third-order valence-electron chi connectivity index (χ3n) is 5.96. The quantitative estimate of drug-likeness (QED) is 0.237. The summed E-state index contributed by atoms with van der Waals surface area (Å²) in [6, 6.07) is 18.0. The molecule has 37 heavy (non-hydrogen) atoms. The summed E-state index contributed by atoms with van der Waals surface area (Å²) in [5.41, 5.74) is 1.81. The van der Waals surface area contributed by atoms with Gasteiger partial charge in [0.05, 0.1) is 24.5 Å². The molecule has 2 amide bonds. The number of benzene rings is 2. The molecule has 0 saturated carbocycles. The Morgan fingerprint density at radius 2 is 1.51 bits per heavy atom. The number of nitrogens with one attached hydrogen (secondary N) is 2. The van der Waals surface area contributed by atoms with Crippen molar-refractivity contribution in [3.05, 3.63) is 97.1 Å². The molecule has 198 valence electrons. The van der Waals surface area contributed by atoms with Crippen LogP contribution in [0.1, 0.15) is 43.4 Å². The Bertz CT molecular complexity index is 1010. The van der Waals surface area contributed by atoms with Crippen molar-refractivity contribution in [1.82, 2.24) is 10.6 Å². The maximum absolute atomic E-state index is 13.2. The first-order chi connectivity index (χ1) is 17.9. The Balaban J connectivity index is 2.11. The van der Waals surface area contributed by atoms with Crippen molar-refractivity contribution in [1.29, 1.82) is 0 Å². The van der Waals surface area contributed by atoms with E-state index in [1.54, 1.807) is 19.1 Å². The summed E-state index contributed by atoms with van der Waals surface area (Å²) < 4.78 is 5.71. The number of rotatable bonds is 16. The number of esters is 1. The van der Waals surface area contributed by atoms with E-state index in [9.17, 15) is 19.5 Å². The summed E-state index contributed by atoms with van der Waals surface area (Å²) >= 11 is 0. The summed E-state index contributed by atoms with van der Waals surface area (Å²) in [6.07, 6.45) is 4.53. The van der Waals surface area contributed by atoms with Gasteiger partial charge >= 0.3 is 5.97 Å². The molecule has 2 aromatic carbocycles. The summed E-state index contributed by atoms with van der Waals surface area (Å²) in [4.78, 5) is 38.5. The van der Waals surface area contributed by atoms with Gasteiger partial charge in [-0.2, -0.15) is 0 Å². The number of hydrogen-bond acceptors (Lipinski definition) is 5. The van der Waals surface area contributed by atoms with Crippen LogP contribution in [0.4, 0.5) is 0 Å². The molecule has 2 rings (SSSR count). The number of carbonyl (C=O) groups is 3. The molecule has 0 aliphatic rings. The second kappa shape index (κ2) is 16.1. The van der Waals surface area contributed by atoms with Gasteiger partial charge in [0.2, 0.25) is 11.8 Å². The zero-order chi connectivity index (χ0) is 27.0. The predicted octanol–water partition coefficient (Wildman–Crippen LogP) is 3.90. The van der Waals surface area contributed by atoms with Crippen LogP contribution >= 0.6 is 0 Å². The van der Waals surface area contributed by atoms with Crippen LogP contribution in [0.5, 0.6) is 0 Å². The van der Waals surface area contributed by atoms with Gasteiger partial charge in [0, 0.05) is 12.5 Å². The van der Waals surface area contributed by atoms with Crippen LogP contribution in [0.2, 0.25) is 0 Å². The van der Waals surface area contributed by atoms with Gasteiger partial charge in [-0.05, 0) is 37.3 Å². The molecule has 7 nitrogen and oxygen atoms in total. The van der Waals surface area contributed by atoms with Crippen molar-refractivity contribution in [3.63, 3.8) is 0 Å². The summed E-state index contributed by atoms with van der Waals surface area (Å²) in [6.45, 7) is 8.91.